The summed E-state index contributed by atoms with van der Waals surface area (Å²) in [6.45, 7) is 17.6. The van der Waals surface area contributed by atoms with Gasteiger partial charge in [-0.05, 0) is 47.5 Å². The molecule has 1 fully saturated rings. The number of hydrogen-bond donors (Lipinski definition) is 2. The molecule has 2 N–H and O–H groups in total. The average Bonchev–Trinajstić information content (AvgIpc) is 3.38. The predicted molar refractivity (Wildman–Crippen MR) is 107 cm³/mol. The first-order valence-corrected chi connectivity index (χ1v) is 10.0. The molecule has 6 heteroatoms. The number of nitrogens with zero attached hydrogens (tertiary/aromatic N) is 3. The SMILES string of the molecule is CCNC(=NCCN(C(C)C)C(C)C)NCCN(CCOC)C1CC1. The van der Waals surface area contributed by atoms with E-state index in [0.29, 0.717) is 12.1 Å². The lowest BCUT2D eigenvalue weighted by atomic mass is 10.2. The highest BCUT2D eigenvalue weighted by atomic mass is 16.5. The maximum Gasteiger partial charge on any atom is 0.191 e. The summed E-state index contributed by atoms with van der Waals surface area (Å²) in [4.78, 5) is 9.75. The van der Waals surface area contributed by atoms with Gasteiger partial charge in [0, 0.05) is 58.0 Å². The molecular formula is C19H41N5O. The van der Waals surface area contributed by atoms with Gasteiger partial charge < -0.3 is 15.4 Å². The van der Waals surface area contributed by atoms with Gasteiger partial charge in [-0.3, -0.25) is 14.8 Å². The van der Waals surface area contributed by atoms with Gasteiger partial charge in [-0.25, -0.2) is 0 Å². The van der Waals surface area contributed by atoms with Crippen LogP contribution in [0.5, 0.6) is 0 Å². The van der Waals surface area contributed by atoms with Crippen molar-refractivity contribution in [3.8, 4) is 0 Å². The van der Waals surface area contributed by atoms with Crippen molar-refractivity contribution < 1.29 is 4.74 Å². The molecule has 1 rings (SSSR count). The molecule has 0 aliphatic heterocycles. The Morgan fingerprint density at radius 3 is 2.28 bits per heavy atom. The van der Waals surface area contributed by atoms with Crippen LogP contribution < -0.4 is 10.6 Å². The van der Waals surface area contributed by atoms with E-state index < -0.39 is 0 Å². The molecule has 0 bridgehead atoms. The van der Waals surface area contributed by atoms with Gasteiger partial charge in [-0.1, -0.05) is 0 Å². The van der Waals surface area contributed by atoms with Crippen molar-refractivity contribution in [3.05, 3.63) is 0 Å². The number of nitrogens with one attached hydrogen (secondary N) is 2. The summed E-state index contributed by atoms with van der Waals surface area (Å²) in [6.07, 6.45) is 2.66. The van der Waals surface area contributed by atoms with Gasteiger partial charge in [0.15, 0.2) is 5.96 Å². The second kappa shape index (κ2) is 12.5. The minimum Gasteiger partial charge on any atom is -0.383 e. The van der Waals surface area contributed by atoms with Crippen LogP contribution in [0.3, 0.4) is 0 Å². The van der Waals surface area contributed by atoms with E-state index in [1.807, 2.05) is 0 Å². The average molecular weight is 356 g/mol. The third-order valence-corrected chi connectivity index (χ3v) is 4.64. The van der Waals surface area contributed by atoms with Gasteiger partial charge in [0.2, 0.25) is 0 Å². The standard InChI is InChI=1S/C19H41N5O/c1-7-20-19(22-11-13-24(16(2)3)17(4)5)21-10-12-23(14-15-25-6)18-8-9-18/h16-18H,7-15H2,1-6H3,(H2,20,21,22). The largest absolute Gasteiger partial charge is 0.383 e. The Labute approximate surface area is 155 Å². The van der Waals surface area contributed by atoms with Crippen LogP contribution in [0.2, 0.25) is 0 Å². The van der Waals surface area contributed by atoms with Crippen molar-refractivity contribution in [2.75, 3.05) is 53.0 Å². The predicted octanol–water partition coefficient (Wildman–Crippen LogP) is 1.77. The van der Waals surface area contributed by atoms with Crippen molar-refractivity contribution in [2.24, 2.45) is 4.99 Å². The Balaban J connectivity index is 2.38. The lowest BCUT2D eigenvalue weighted by Gasteiger charge is -2.29. The Morgan fingerprint density at radius 1 is 1.08 bits per heavy atom. The van der Waals surface area contributed by atoms with Gasteiger partial charge in [0.05, 0.1) is 13.2 Å². The molecule has 0 heterocycles. The van der Waals surface area contributed by atoms with E-state index in [1.54, 1.807) is 7.11 Å². The van der Waals surface area contributed by atoms with Crippen molar-refractivity contribution in [1.29, 1.82) is 0 Å². The molecule has 0 aromatic carbocycles. The number of ether oxygens (including phenoxy) is 1. The Morgan fingerprint density at radius 2 is 1.76 bits per heavy atom. The fraction of sp³-hybridized carbons (Fsp3) is 0.947. The van der Waals surface area contributed by atoms with Crippen LogP contribution in [0.25, 0.3) is 0 Å². The van der Waals surface area contributed by atoms with Crippen LogP contribution in [0.1, 0.15) is 47.5 Å². The zero-order valence-electron chi connectivity index (χ0n) is 17.3. The Hall–Kier alpha value is -0.850. The Kier molecular flexibility index (Phi) is 11.1. The lowest BCUT2D eigenvalue weighted by molar-refractivity contribution is 0.144. The number of hydrogen-bond acceptors (Lipinski definition) is 4. The maximum atomic E-state index is 5.23. The quantitative estimate of drug-likeness (QED) is 0.390. The molecule has 1 aliphatic carbocycles. The van der Waals surface area contributed by atoms with E-state index in [1.165, 1.54) is 12.8 Å². The number of methoxy groups -OCH3 is 1. The fourth-order valence-electron chi connectivity index (χ4n) is 3.17. The molecule has 0 aromatic heterocycles. The van der Waals surface area contributed by atoms with Crippen molar-refractivity contribution in [3.63, 3.8) is 0 Å². The highest BCUT2D eigenvalue weighted by molar-refractivity contribution is 5.79. The zero-order chi connectivity index (χ0) is 18.7. The summed E-state index contributed by atoms with van der Waals surface area (Å²) in [7, 11) is 1.77. The highest BCUT2D eigenvalue weighted by Gasteiger charge is 2.28. The lowest BCUT2D eigenvalue weighted by Crippen LogP contribution is -2.43. The smallest absolute Gasteiger partial charge is 0.191 e. The third-order valence-electron chi connectivity index (χ3n) is 4.64. The first-order chi connectivity index (χ1) is 12.0. The molecule has 0 amide bonds. The summed E-state index contributed by atoms with van der Waals surface area (Å²) in [5.41, 5.74) is 0. The van der Waals surface area contributed by atoms with Crippen LogP contribution in [-0.4, -0.2) is 86.9 Å². The highest BCUT2D eigenvalue weighted by Crippen LogP contribution is 2.25. The number of rotatable bonds is 13. The summed E-state index contributed by atoms with van der Waals surface area (Å²) < 4.78 is 5.23. The second-order valence-electron chi connectivity index (χ2n) is 7.37. The Bertz CT molecular complexity index is 361. The van der Waals surface area contributed by atoms with Crippen LogP contribution in [-0.2, 0) is 4.74 Å². The number of guanidine groups is 1. The topological polar surface area (TPSA) is 52.1 Å². The van der Waals surface area contributed by atoms with E-state index in [4.69, 9.17) is 9.73 Å². The molecule has 0 aromatic rings. The molecule has 148 valence electrons. The van der Waals surface area contributed by atoms with E-state index in [-0.39, 0.29) is 0 Å². The van der Waals surface area contributed by atoms with Crippen LogP contribution >= 0.6 is 0 Å². The summed E-state index contributed by atoms with van der Waals surface area (Å²) >= 11 is 0. The second-order valence-corrected chi connectivity index (χ2v) is 7.37. The molecule has 0 spiro atoms. The molecule has 0 radical (unpaired) electrons. The molecule has 0 atom stereocenters. The first-order valence-electron chi connectivity index (χ1n) is 10.0. The molecule has 1 aliphatic rings. The summed E-state index contributed by atoms with van der Waals surface area (Å²) in [5.74, 6) is 0.928. The van der Waals surface area contributed by atoms with E-state index in [9.17, 15) is 0 Å². The summed E-state index contributed by atoms with van der Waals surface area (Å²) in [6, 6.07) is 1.87. The maximum absolute atomic E-state index is 5.23. The van der Waals surface area contributed by atoms with E-state index in [0.717, 1.165) is 57.9 Å². The fourth-order valence-corrected chi connectivity index (χ4v) is 3.17. The molecule has 6 nitrogen and oxygen atoms in total. The van der Waals surface area contributed by atoms with E-state index in [2.05, 4.69) is 55.1 Å². The van der Waals surface area contributed by atoms with Gasteiger partial charge in [0.25, 0.3) is 0 Å². The molecular weight excluding hydrogens is 314 g/mol. The molecule has 0 unspecified atom stereocenters. The van der Waals surface area contributed by atoms with Gasteiger partial charge in [0.1, 0.15) is 0 Å². The number of aliphatic imine (C=N–C) groups is 1. The van der Waals surface area contributed by atoms with Gasteiger partial charge in [-0.15, -0.1) is 0 Å². The first kappa shape index (κ1) is 22.2. The normalized spacial score (nSPS) is 15.7. The van der Waals surface area contributed by atoms with Crippen LogP contribution in [0.4, 0.5) is 0 Å². The van der Waals surface area contributed by atoms with E-state index >= 15 is 0 Å². The minimum absolute atomic E-state index is 0.554. The third kappa shape index (κ3) is 9.42. The molecule has 0 saturated heterocycles. The van der Waals surface area contributed by atoms with Crippen molar-refractivity contribution in [2.45, 2.75) is 65.6 Å². The summed E-state index contributed by atoms with van der Waals surface area (Å²) in [5, 5.41) is 6.83. The van der Waals surface area contributed by atoms with Crippen LogP contribution in [0, 0.1) is 0 Å². The van der Waals surface area contributed by atoms with Gasteiger partial charge in [-0.2, -0.15) is 0 Å². The van der Waals surface area contributed by atoms with Gasteiger partial charge >= 0.3 is 0 Å². The monoisotopic (exact) mass is 355 g/mol. The molecule has 1 saturated carbocycles. The van der Waals surface area contributed by atoms with Crippen molar-refractivity contribution >= 4 is 5.96 Å². The minimum atomic E-state index is 0.554. The van der Waals surface area contributed by atoms with Crippen LogP contribution in [0.15, 0.2) is 4.99 Å². The van der Waals surface area contributed by atoms with Crippen molar-refractivity contribution in [1.82, 2.24) is 20.4 Å². The molecule has 25 heavy (non-hydrogen) atoms. The zero-order valence-corrected chi connectivity index (χ0v) is 17.3.